The summed E-state index contributed by atoms with van der Waals surface area (Å²) in [5.74, 6) is 0.730. The molecule has 1 atom stereocenters. The fraction of sp³-hybridized carbons (Fsp3) is 0.450. The molecular weight excluding hydrogens is 535 g/mol. The van der Waals surface area contributed by atoms with Crippen molar-refractivity contribution in [3.8, 4) is 0 Å². The highest BCUT2D eigenvalue weighted by Gasteiger charge is 2.20. The molecule has 2 heterocycles. The highest BCUT2D eigenvalue weighted by Crippen LogP contribution is 2.14. The number of hydrogen-bond donors (Lipinski definition) is 3. The maximum Gasteiger partial charge on any atom is 0.240 e. The molecular formula is C20H29IN4O3S2. The number of halogens is 1. The summed E-state index contributed by atoms with van der Waals surface area (Å²) in [5, 5.41) is 10.6. The second-order valence-corrected chi connectivity index (χ2v) is 9.36. The molecule has 3 N–H and O–H groups in total. The van der Waals surface area contributed by atoms with Crippen LogP contribution in [0.4, 0.5) is 0 Å². The third-order valence-corrected chi connectivity index (χ3v) is 6.73. The molecule has 1 aliphatic heterocycles. The average Bonchev–Trinajstić information content (AvgIpc) is 3.43. The summed E-state index contributed by atoms with van der Waals surface area (Å²) in [6.45, 7) is 4.98. The van der Waals surface area contributed by atoms with E-state index in [1.54, 1.807) is 23.5 Å². The number of guanidine groups is 1. The molecule has 166 valence electrons. The van der Waals surface area contributed by atoms with E-state index < -0.39 is 10.0 Å². The number of sulfonamides is 1. The minimum atomic E-state index is -3.52. The Kier molecular flexibility index (Phi) is 10.5. The Bertz CT molecular complexity index is 881. The van der Waals surface area contributed by atoms with Crippen molar-refractivity contribution in [2.75, 3.05) is 19.7 Å². The summed E-state index contributed by atoms with van der Waals surface area (Å²) >= 11 is 1.66. The van der Waals surface area contributed by atoms with Crippen molar-refractivity contribution in [1.29, 1.82) is 0 Å². The molecule has 0 aliphatic carbocycles. The summed E-state index contributed by atoms with van der Waals surface area (Å²) in [6.07, 6.45) is 1.86. The van der Waals surface area contributed by atoms with Crippen molar-refractivity contribution in [3.05, 3.63) is 52.2 Å². The van der Waals surface area contributed by atoms with Gasteiger partial charge in [0.2, 0.25) is 10.0 Å². The van der Waals surface area contributed by atoms with E-state index in [0.717, 1.165) is 30.9 Å². The third-order valence-electron chi connectivity index (χ3n) is 4.56. The van der Waals surface area contributed by atoms with Crippen LogP contribution in [0, 0.1) is 0 Å². The summed E-state index contributed by atoms with van der Waals surface area (Å²) in [6, 6.07) is 8.95. The first-order valence-corrected chi connectivity index (χ1v) is 12.2. The van der Waals surface area contributed by atoms with Gasteiger partial charge in [0, 0.05) is 26.2 Å². The number of nitrogens with zero attached hydrogens (tertiary/aromatic N) is 1. The van der Waals surface area contributed by atoms with Crippen LogP contribution in [0.2, 0.25) is 0 Å². The first-order valence-electron chi connectivity index (χ1n) is 9.80. The molecule has 2 aromatic rings. The van der Waals surface area contributed by atoms with Crippen molar-refractivity contribution in [2.45, 2.75) is 43.9 Å². The third kappa shape index (κ3) is 7.80. The fourth-order valence-corrected chi connectivity index (χ4v) is 4.68. The van der Waals surface area contributed by atoms with Gasteiger partial charge in [-0.05, 0) is 59.9 Å². The van der Waals surface area contributed by atoms with Gasteiger partial charge >= 0.3 is 0 Å². The zero-order valence-electron chi connectivity index (χ0n) is 17.0. The number of thiophene rings is 1. The van der Waals surface area contributed by atoms with Gasteiger partial charge in [-0.15, -0.1) is 24.0 Å². The van der Waals surface area contributed by atoms with Gasteiger partial charge in [-0.1, -0.05) is 12.1 Å². The van der Waals surface area contributed by atoms with Gasteiger partial charge in [-0.2, -0.15) is 11.3 Å². The molecule has 0 radical (unpaired) electrons. The van der Waals surface area contributed by atoms with Gasteiger partial charge in [0.15, 0.2) is 5.96 Å². The zero-order chi connectivity index (χ0) is 20.5. The molecule has 1 fully saturated rings. The lowest BCUT2D eigenvalue weighted by Gasteiger charge is -2.13. The van der Waals surface area contributed by atoms with Crippen molar-refractivity contribution in [2.24, 2.45) is 4.99 Å². The van der Waals surface area contributed by atoms with Crippen LogP contribution in [0.25, 0.3) is 0 Å². The van der Waals surface area contributed by atoms with Crippen LogP contribution < -0.4 is 15.4 Å². The number of hydrogen-bond acceptors (Lipinski definition) is 5. The molecule has 1 saturated heterocycles. The normalized spacial score (nSPS) is 16.8. The van der Waals surface area contributed by atoms with Crippen LogP contribution >= 0.6 is 35.3 Å². The average molecular weight is 565 g/mol. The van der Waals surface area contributed by atoms with E-state index >= 15 is 0 Å². The Balaban J connectivity index is 0.00000320. The predicted octanol–water partition coefficient (Wildman–Crippen LogP) is 3.08. The number of rotatable bonds is 9. The molecule has 1 aliphatic rings. The van der Waals surface area contributed by atoms with Crippen LogP contribution in [0.3, 0.4) is 0 Å². The van der Waals surface area contributed by atoms with Gasteiger partial charge in [-0.25, -0.2) is 18.1 Å². The maximum absolute atomic E-state index is 12.4. The Morgan fingerprint density at radius 3 is 2.63 bits per heavy atom. The molecule has 0 saturated carbocycles. The lowest BCUT2D eigenvalue weighted by atomic mass is 10.2. The molecule has 0 amide bonds. The number of nitrogens with one attached hydrogen (secondary N) is 3. The smallest absolute Gasteiger partial charge is 0.240 e. The fourth-order valence-electron chi connectivity index (χ4n) is 2.96. The van der Waals surface area contributed by atoms with E-state index in [9.17, 15) is 8.42 Å². The lowest BCUT2D eigenvalue weighted by Crippen LogP contribution is -2.36. The quantitative estimate of drug-likeness (QED) is 0.248. The number of ether oxygens (including phenoxy) is 1. The minimum Gasteiger partial charge on any atom is -0.377 e. The molecule has 3 rings (SSSR count). The van der Waals surface area contributed by atoms with E-state index in [0.29, 0.717) is 26.2 Å². The summed E-state index contributed by atoms with van der Waals surface area (Å²) in [4.78, 5) is 4.83. The Labute approximate surface area is 199 Å². The minimum absolute atomic E-state index is 0. The number of benzene rings is 1. The second-order valence-electron chi connectivity index (χ2n) is 6.81. The van der Waals surface area contributed by atoms with Crippen molar-refractivity contribution >= 4 is 51.3 Å². The van der Waals surface area contributed by atoms with Crippen molar-refractivity contribution in [1.82, 2.24) is 15.4 Å². The van der Waals surface area contributed by atoms with E-state index in [2.05, 4.69) is 31.8 Å². The molecule has 1 unspecified atom stereocenters. The van der Waals surface area contributed by atoms with E-state index in [1.807, 2.05) is 24.4 Å². The topological polar surface area (TPSA) is 91.8 Å². The SMILES string of the molecule is CCNC(=NCc1ccsc1)NCc1ccc(S(=O)(=O)NCC2CCCO2)cc1.I. The molecule has 10 heteroatoms. The monoisotopic (exact) mass is 564 g/mol. The van der Waals surface area contributed by atoms with Crippen molar-refractivity contribution < 1.29 is 13.2 Å². The Morgan fingerprint density at radius 1 is 1.20 bits per heavy atom. The highest BCUT2D eigenvalue weighted by molar-refractivity contribution is 14.0. The first kappa shape index (κ1) is 25.1. The van der Waals surface area contributed by atoms with Crippen LogP contribution in [-0.4, -0.2) is 40.2 Å². The summed E-state index contributed by atoms with van der Waals surface area (Å²) in [5.41, 5.74) is 2.15. The van der Waals surface area contributed by atoms with Crippen LogP contribution in [0.1, 0.15) is 30.9 Å². The first-order chi connectivity index (χ1) is 14.1. The van der Waals surface area contributed by atoms with E-state index in [-0.39, 0.29) is 35.0 Å². The molecule has 1 aromatic carbocycles. The number of aliphatic imine (C=N–C) groups is 1. The van der Waals surface area contributed by atoms with Gasteiger partial charge in [-0.3, -0.25) is 0 Å². The van der Waals surface area contributed by atoms with Crippen LogP contribution in [0.15, 0.2) is 51.0 Å². The molecule has 30 heavy (non-hydrogen) atoms. The molecule has 0 bridgehead atoms. The highest BCUT2D eigenvalue weighted by atomic mass is 127. The summed E-state index contributed by atoms with van der Waals surface area (Å²) in [7, 11) is -3.52. The van der Waals surface area contributed by atoms with Gasteiger partial charge < -0.3 is 15.4 Å². The molecule has 7 nitrogen and oxygen atoms in total. The Morgan fingerprint density at radius 2 is 2.00 bits per heavy atom. The lowest BCUT2D eigenvalue weighted by molar-refractivity contribution is 0.114. The summed E-state index contributed by atoms with van der Waals surface area (Å²) < 4.78 is 33.0. The molecule has 0 spiro atoms. The van der Waals surface area contributed by atoms with E-state index in [1.165, 1.54) is 5.56 Å². The standard InChI is InChI=1S/C20H28N4O3S2.HI/c1-2-21-20(23-13-17-9-11-28-15-17)22-12-16-5-7-19(8-6-16)29(25,26)24-14-18-4-3-10-27-18;/h5-9,11,15,18,24H,2-4,10,12-14H2,1H3,(H2,21,22,23);1H. The van der Waals surface area contributed by atoms with Crippen LogP contribution in [-0.2, 0) is 27.8 Å². The second kappa shape index (κ2) is 12.6. The predicted molar refractivity (Wildman–Crippen MR) is 132 cm³/mol. The van der Waals surface area contributed by atoms with Gasteiger partial charge in [0.05, 0.1) is 17.5 Å². The Hall–Kier alpha value is -1.21. The maximum atomic E-state index is 12.4. The molecule has 1 aromatic heterocycles. The zero-order valence-corrected chi connectivity index (χ0v) is 20.9. The largest absolute Gasteiger partial charge is 0.377 e. The van der Waals surface area contributed by atoms with E-state index in [4.69, 9.17) is 4.74 Å². The van der Waals surface area contributed by atoms with Crippen LogP contribution in [0.5, 0.6) is 0 Å². The van der Waals surface area contributed by atoms with Gasteiger partial charge in [0.25, 0.3) is 0 Å². The van der Waals surface area contributed by atoms with Gasteiger partial charge in [0.1, 0.15) is 0 Å². The van der Waals surface area contributed by atoms with Crippen molar-refractivity contribution in [3.63, 3.8) is 0 Å².